The number of hydrogen-bond donors (Lipinski definition) is 1. The van der Waals surface area contributed by atoms with Gasteiger partial charge in [0.05, 0.1) is 24.8 Å². The Bertz CT molecular complexity index is 1180. The zero-order chi connectivity index (χ0) is 26.7. The molecule has 0 unspecified atom stereocenters. The molecule has 0 bridgehead atoms. The summed E-state index contributed by atoms with van der Waals surface area (Å²) in [4.78, 5) is 31.0. The van der Waals surface area contributed by atoms with E-state index in [9.17, 15) is 9.59 Å². The van der Waals surface area contributed by atoms with Gasteiger partial charge in [-0.3, -0.25) is 15.1 Å². The second kappa shape index (κ2) is 11.1. The molecule has 1 aliphatic carbocycles. The van der Waals surface area contributed by atoms with Crippen molar-refractivity contribution in [2.75, 3.05) is 12.4 Å². The lowest BCUT2D eigenvalue weighted by molar-refractivity contribution is 0.0126. The number of ether oxygens (including phenoxy) is 2. The number of benzene rings is 2. The van der Waals surface area contributed by atoms with Gasteiger partial charge in [0, 0.05) is 16.8 Å². The lowest BCUT2D eigenvalue weighted by atomic mass is 9.75. The normalized spacial score (nSPS) is 22.6. The molecular formula is C31H40N2O4. The molecule has 198 valence electrons. The molecule has 3 atom stereocenters. The molecule has 1 heterocycles. The van der Waals surface area contributed by atoms with E-state index in [0.29, 0.717) is 29.0 Å². The first kappa shape index (κ1) is 26.9. The van der Waals surface area contributed by atoms with Crippen LogP contribution in [-0.2, 0) is 11.2 Å². The van der Waals surface area contributed by atoms with Crippen molar-refractivity contribution >= 4 is 23.3 Å². The Morgan fingerprint density at radius 3 is 2.65 bits per heavy atom. The number of fused-ring (bicyclic) bond motifs is 1. The second-order valence-electron chi connectivity index (χ2n) is 11.6. The number of aliphatic imine (C=N–C) groups is 1. The number of Topliss-reactive ketones (excluding diaryl/α,β-unsaturated/α-hetero) is 1. The number of nitrogens with one attached hydrogen (secondary N) is 1. The number of nitrogens with zero attached hydrogens (tertiary/aromatic N) is 1. The second-order valence-corrected chi connectivity index (χ2v) is 11.6. The van der Waals surface area contributed by atoms with Crippen LogP contribution >= 0.6 is 0 Å². The van der Waals surface area contributed by atoms with Gasteiger partial charge in [0.2, 0.25) is 0 Å². The van der Waals surface area contributed by atoms with Crippen molar-refractivity contribution in [3.63, 3.8) is 0 Å². The van der Waals surface area contributed by atoms with Gasteiger partial charge in [-0.1, -0.05) is 45.4 Å². The minimum Gasteiger partial charge on any atom is -0.497 e. The Morgan fingerprint density at radius 2 is 1.92 bits per heavy atom. The van der Waals surface area contributed by atoms with Crippen LogP contribution in [0, 0.1) is 17.8 Å². The van der Waals surface area contributed by atoms with E-state index in [0.717, 1.165) is 36.3 Å². The van der Waals surface area contributed by atoms with Gasteiger partial charge in [-0.15, -0.1) is 0 Å². The summed E-state index contributed by atoms with van der Waals surface area (Å²) in [5, 5.41) is 2.85. The average Bonchev–Trinajstić information content (AvgIpc) is 2.83. The molecule has 6 nitrogen and oxygen atoms in total. The van der Waals surface area contributed by atoms with Crippen molar-refractivity contribution in [2.45, 2.75) is 78.4 Å². The number of hydrogen-bond acceptors (Lipinski definition) is 5. The molecule has 2 aliphatic rings. The molecule has 1 saturated carbocycles. The highest BCUT2D eigenvalue weighted by atomic mass is 16.6. The summed E-state index contributed by atoms with van der Waals surface area (Å²) in [7, 11) is 1.64. The average molecular weight is 505 g/mol. The first-order chi connectivity index (χ1) is 17.5. The van der Waals surface area contributed by atoms with E-state index in [4.69, 9.17) is 14.5 Å². The van der Waals surface area contributed by atoms with Crippen LogP contribution in [0.25, 0.3) is 0 Å². The standard InChI is InChI=1S/C31H40N2O4/c1-19(2)25-13-10-20(3)14-29(25)37-30(35)32-23-9-7-8-21(15-23)28(34)17-27-26-16-24(36-6)12-11-22(26)18-31(4,5)33-27/h7-9,11-12,15-16,19-20,25,29H,10,13-14,17-18H2,1-6H3,(H,32,35)/t20-,25+,29-/m0/s1. The lowest BCUT2D eigenvalue weighted by Crippen LogP contribution is -2.37. The van der Waals surface area contributed by atoms with Crippen molar-refractivity contribution in [1.29, 1.82) is 0 Å². The van der Waals surface area contributed by atoms with Crippen molar-refractivity contribution in [3.8, 4) is 5.75 Å². The maximum Gasteiger partial charge on any atom is 0.411 e. The Labute approximate surface area is 220 Å². The molecule has 4 rings (SSSR count). The molecule has 1 fully saturated rings. The van der Waals surface area contributed by atoms with Crippen LogP contribution in [0.5, 0.6) is 5.75 Å². The fourth-order valence-electron chi connectivity index (χ4n) is 5.73. The third-order valence-electron chi connectivity index (χ3n) is 7.67. The Morgan fingerprint density at radius 1 is 1.14 bits per heavy atom. The largest absolute Gasteiger partial charge is 0.497 e. The van der Waals surface area contributed by atoms with Crippen LogP contribution in [0.1, 0.15) is 81.8 Å². The molecule has 0 spiro atoms. The van der Waals surface area contributed by atoms with Gasteiger partial charge in [0.25, 0.3) is 0 Å². The topological polar surface area (TPSA) is 77.0 Å². The molecule has 37 heavy (non-hydrogen) atoms. The highest BCUT2D eigenvalue weighted by Gasteiger charge is 2.33. The van der Waals surface area contributed by atoms with Gasteiger partial charge in [-0.2, -0.15) is 0 Å². The number of rotatable bonds is 7. The third kappa shape index (κ3) is 6.60. The quantitative estimate of drug-likeness (QED) is 0.408. The van der Waals surface area contributed by atoms with Gasteiger partial charge < -0.3 is 9.47 Å². The van der Waals surface area contributed by atoms with Crippen LogP contribution in [0.2, 0.25) is 0 Å². The number of carbonyl (C=O) groups is 2. The van der Waals surface area contributed by atoms with E-state index in [-0.39, 0.29) is 23.8 Å². The third-order valence-corrected chi connectivity index (χ3v) is 7.67. The summed E-state index contributed by atoms with van der Waals surface area (Å²) in [6, 6.07) is 13.0. The van der Waals surface area contributed by atoms with Gasteiger partial charge in [0.1, 0.15) is 11.9 Å². The van der Waals surface area contributed by atoms with Crippen LogP contribution < -0.4 is 10.1 Å². The highest BCUT2D eigenvalue weighted by molar-refractivity contribution is 6.17. The van der Waals surface area contributed by atoms with Gasteiger partial charge in [0.15, 0.2) is 5.78 Å². The molecule has 6 heteroatoms. The van der Waals surface area contributed by atoms with E-state index in [1.54, 1.807) is 31.4 Å². The van der Waals surface area contributed by atoms with Crippen LogP contribution in [0.4, 0.5) is 10.5 Å². The maximum absolute atomic E-state index is 13.3. The molecular weight excluding hydrogens is 464 g/mol. The molecule has 2 aromatic rings. The molecule has 1 N–H and O–H groups in total. The summed E-state index contributed by atoms with van der Waals surface area (Å²) < 4.78 is 11.3. The summed E-state index contributed by atoms with van der Waals surface area (Å²) in [5.74, 6) is 2.08. The van der Waals surface area contributed by atoms with E-state index < -0.39 is 6.09 Å². The molecule has 2 aromatic carbocycles. The minimum atomic E-state index is -0.464. The zero-order valence-corrected chi connectivity index (χ0v) is 23.0. The predicted molar refractivity (Wildman–Crippen MR) is 148 cm³/mol. The van der Waals surface area contributed by atoms with Crippen LogP contribution in [0.15, 0.2) is 47.5 Å². The van der Waals surface area contributed by atoms with E-state index in [2.05, 4.69) is 46.0 Å². The maximum atomic E-state index is 13.3. The van der Waals surface area contributed by atoms with Crippen LogP contribution in [0.3, 0.4) is 0 Å². The summed E-state index contributed by atoms with van der Waals surface area (Å²) in [6.45, 7) is 10.8. The zero-order valence-electron chi connectivity index (χ0n) is 23.0. The molecule has 1 amide bonds. The smallest absolute Gasteiger partial charge is 0.411 e. The Hall–Kier alpha value is -3.15. The fraction of sp³-hybridized carbons (Fsp3) is 0.516. The van der Waals surface area contributed by atoms with E-state index in [1.807, 2.05) is 12.1 Å². The Kier molecular flexibility index (Phi) is 8.05. The summed E-state index contributed by atoms with van der Waals surface area (Å²) in [5.41, 5.74) is 3.69. The Balaban J connectivity index is 1.46. The predicted octanol–water partition coefficient (Wildman–Crippen LogP) is 7.10. The first-order valence-electron chi connectivity index (χ1n) is 13.4. The number of anilines is 1. The van der Waals surface area contributed by atoms with Gasteiger partial charge in [-0.25, -0.2) is 4.79 Å². The van der Waals surface area contributed by atoms with E-state index in [1.165, 1.54) is 12.0 Å². The molecule has 0 saturated heterocycles. The highest BCUT2D eigenvalue weighted by Crippen LogP contribution is 2.35. The first-order valence-corrected chi connectivity index (χ1v) is 13.4. The number of carbonyl (C=O) groups excluding carboxylic acids is 2. The SMILES string of the molecule is COc1ccc2c(c1)C(CC(=O)c1cccc(NC(=O)O[C@H]3C[C@@H](C)CC[C@@H]3C(C)C)c1)=NC(C)(C)C2. The number of amides is 1. The summed E-state index contributed by atoms with van der Waals surface area (Å²) >= 11 is 0. The fourth-order valence-corrected chi connectivity index (χ4v) is 5.73. The minimum absolute atomic E-state index is 0.0526. The lowest BCUT2D eigenvalue weighted by Gasteiger charge is -2.36. The van der Waals surface area contributed by atoms with Crippen LogP contribution in [-0.4, -0.2) is 36.3 Å². The van der Waals surface area contributed by atoms with E-state index >= 15 is 0 Å². The summed E-state index contributed by atoms with van der Waals surface area (Å²) in [6.07, 6.45) is 3.58. The van der Waals surface area contributed by atoms with Gasteiger partial charge >= 0.3 is 6.09 Å². The number of methoxy groups -OCH3 is 1. The van der Waals surface area contributed by atoms with Crippen molar-refractivity contribution in [1.82, 2.24) is 0 Å². The molecule has 1 aliphatic heterocycles. The van der Waals surface area contributed by atoms with Crippen molar-refractivity contribution < 1.29 is 19.1 Å². The number of ketones is 1. The van der Waals surface area contributed by atoms with Crippen molar-refractivity contribution in [2.24, 2.45) is 22.7 Å². The monoisotopic (exact) mass is 504 g/mol. The molecule has 0 radical (unpaired) electrons. The van der Waals surface area contributed by atoms with Crippen molar-refractivity contribution in [3.05, 3.63) is 59.2 Å². The molecule has 0 aromatic heterocycles. The van der Waals surface area contributed by atoms with Gasteiger partial charge in [-0.05, 0) is 80.7 Å².